The molecule has 0 saturated carbocycles. The van der Waals surface area contributed by atoms with E-state index in [2.05, 4.69) is 69.4 Å². The Morgan fingerprint density at radius 2 is 1.73 bits per heavy atom. The average Bonchev–Trinajstić information content (AvgIpc) is 3.16. The predicted molar refractivity (Wildman–Crippen MR) is 128 cm³/mol. The Bertz CT molecular complexity index is 1200. The largest absolute Gasteiger partial charge is 0.368 e. The van der Waals surface area contributed by atoms with E-state index in [1.807, 2.05) is 6.07 Å². The summed E-state index contributed by atoms with van der Waals surface area (Å²) < 4.78 is 1.07. The summed E-state index contributed by atoms with van der Waals surface area (Å²) in [6.45, 7) is 5.62. The topological polar surface area (TPSA) is 39.3 Å². The van der Waals surface area contributed by atoms with Crippen LogP contribution in [0.15, 0.2) is 65.5 Å². The van der Waals surface area contributed by atoms with Crippen molar-refractivity contribution >= 4 is 38.0 Å². The molecule has 1 aliphatic rings. The number of hydrogen-bond acceptors (Lipinski definition) is 4. The van der Waals surface area contributed by atoms with Gasteiger partial charge in [-0.2, -0.15) is 0 Å². The van der Waals surface area contributed by atoms with Crippen molar-refractivity contribution in [2.75, 3.05) is 37.6 Å². The van der Waals surface area contributed by atoms with E-state index >= 15 is 0 Å². The Hall–Kier alpha value is -2.63. The first-order valence-electron chi connectivity index (χ1n) is 10.8. The summed E-state index contributed by atoms with van der Waals surface area (Å²) in [5.41, 5.74) is 3.66. The number of thiazole rings is 1. The van der Waals surface area contributed by atoms with Crippen molar-refractivity contribution in [2.24, 2.45) is 0 Å². The molecule has 1 aliphatic heterocycles. The molecular formula is C25H27N3OS. The highest BCUT2D eigenvalue weighted by atomic mass is 32.1. The molecule has 0 aliphatic carbocycles. The lowest BCUT2D eigenvalue weighted by Crippen LogP contribution is -2.46. The number of piperazine rings is 1. The van der Waals surface area contributed by atoms with Gasteiger partial charge in [0, 0.05) is 37.3 Å². The van der Waals surface area contributed by atoms with Crippen molar-refractivity contribution in [3.05, 3.63) is 75.9 Å². The van der Waals surface area contributed by atoms with Crippen LogP contribution in [0.5, 0.6) is 0 Å². The number of aromatic amines is 1. The molecule has 0 spiro atoms. The maximum Gasteiger partial charge on any atom is 0.305 e. The van der Waals surface area contributed by atoms with Gasteiger partial charge in [0.1, 0.15) is 0 Å². The molecule has 30 heavy (non-hydrogen) atoms. The third-order valence-corrected chi connectivity index (χ3v) is 7.00. The van der Waals surface area contributed by atoms with Crippen LogP contribution in [0.3, 0.4) is 0 Å². The normalized spacial score (nSPS) is 15.3. The molecule has 4 aromatic rings. The number of H-pyrrole nitrogens is 1. The average molecular weight is 418 g/mol. The van der Waals surface area contributed by atoms with E-state index in [0.717, 1.165) is 42.8 Å². The number of hydrogen-bond donors (Lipinski definition) is 1. The molecule has 3 aromatic carbocycles. The molecule has 0 bridgehead atoms. The van der Waals surface area contributed by atoms with E-state index in [0.29, 0.717) is 0 Å². The third kappa shape index (κ3) is 4.13. The van der Waals surface area contributed by atoms with Gasteiger partial charge in [-0.25, -0.2) is 0 Å². The van der Waals surface area contributed by atoms with E-state index in [4.69, 9.17) is 0 Å². The second-order valence-electron chi connectivity index (χ2n) is 8.13. The van der Waals surface area contributed by atoms with Crippen LogP contribution in [-0.4, -0.2) is 42.6 Å². The number of benzene rings is 3. The van der Waals surface area contributed by atoms with Crippen LogP contribution in [0.25, 0.3) is 21.0 Å². The lowest BCUT2D eigenvalue weighted by atomic mass is 10.1. The maximum absolute atomic E-state index is 11.5. The van der Waals surface area contributed by atoms with Crippen LogP contribution in [0.2, 0.25) is 0 Å². The lowest BCUT2D eigenvalue weighted by Gasteiger charge is -2.36. The van der Waals surface area contributed by atoms with Gasteiger partial charge in [0.2, 0.25) is 0 Å². The fourth-order valence-corrected chi connectivity index (χ4v) is 5.31. The number of unbranched alkanes of at least 4 members (excludes halogenated alkanes) is 1. The monoisotopic (exact) mass is 417 g/mol. The standard InChI is InChI=1S/C25H27N3OS/c29-25-26-22-12-11-19(18-24(22)30-25)6-3-4-13-27-14-16-28(17-15-27)23-10-5-8-20-7-1-2-9-21(20)23/h1-2,5,7-12,18H,3-4,6,13-17H2,(H,26,29). The molecule has 1 aromatic heterocycles. The zero-order valence-corrected chi connectivity index (χ0v) is 18.0. The van der Waals surface area contributed by atoms with E-state index in [-0.39, 0.29) is 4.87 Å². The van der Waals surface area contributed by atoms with Gasteiger partial charge in [-0.05, 0) is 55.0 Å². The highest BCUT2D eigenvalue weighted by molar-refractivity contribution is 7.16. The Morgan fingerprint density at radius 3 is 2.63 bits per heavy atom. The Kier molecular flexibility index (Phi) is 5.56. The molecule has 1 saturated heterocycles. The summed E-state index contributed by atoms with van der Waals surface area (Å²) in [4.78, 5) is 19.5. The molecule has 0 radical (unpaired) electrons. The molecule has 0 atom stereocenters. The first kappa shape index (κ1) is 19.3. The van der Waals surface area contributed by atoms with E-state index < -0.39 is 0 Å². The molecule has 154 valence electrons. The number of aromatic nitrogens is 1. The minimum atomic E-state index is 0.0322. The van der Waals surface area contributed by atoms with E-state index in [1.165, 1.54) is 52.7 Å². The molecule has 0 unspecified atom stereocenters. The molecule has 5 rings (SSSR count). The summed E-state index contributed by atoms with van der Waals surface area (Å²) in [6.07, 6.45) is 3.49. The summed E-state index contributed by atoms with van der Waals surface area (Å²) in [6, 6.07) is 21.7. The molecule has 1 N–H and O–H groups in total. The van der Waals surface area contributed by atoms with Gasteiger partial charge >= 0.3 is 4.87 Å². The zero-order chi connectivity index (χ0) is 20.3. The van der Waals surface area contributed by atoms with Crippen LogP contribution >= 0.6 is 11.3 Å². The first-order valence-corrected chi connectivity index (χ1v) is 11.6. The minimum Gasteiger partial charge on any atom is -0.368 e. The van der Waals surface area contributed by atoms with Crippen molar-refractivity contribution < 1.29 is 0 Å². The van der Waals surface area contributed by atoms with Crippen molar-refractivity contribution in [3.8, 4) is 0 Å². The van der Waals surface area contributed by atoms with Gasteiger partial charge < -0.3 is 9.88 Å². The Balaban J connectivity index is 1.11. The summed E-state index contributed by atoms with van der Waals surface area (Å²) >= 11 is 1.30. The molecule has 5 heteroatoms. The second kappa shape index (κ2) is 8.62. The number of rotatable bonds is 6. The summed E-state index contributed by atoms with van der Waals surface area (Å²) in [5, 5.41) is 2.68. The van der Waals surface area contributed by atoms with Crippen molar-refractivity contribution in [1.82, 2.24) is 9.88 Å². The lowest BCUT2D eigenvalue weighted by molar-refractivity contribution is 0.253. The highest BCUT2D eigenvalue weighted by Gasteiger charge is 2.18. The van der Waals surface area contributed by atoms with Gasteiger partial charge in [0.15, 0.2) is 0 Å². The van der Waals surface area contributed by atoms with Crippen molar-refractivity contribution in [1.29, 1.82) is 0 Å². The SMILES string of the molecule is O=c1[nH]c2ccc(CCCCN3CCN(c4cccc5ccccc45)CC3)cc2s1. The second-order valence-corrected chi connectivity index (χ2v) is 9.14. The van der Waals surface area contributed by atoms with Crippen LogP contribution in [0.1, 0.15) is 18.4 Å². The predicted octanol–water partition coefficient (Wildman–Crippen LogP) is 4.89. The summed E-state index contributed by atoms with van der Waals surface area (Å²) in [5.74, 6) is 0. The molecular weight excluding hydrogens is 390 g/mol. The zero-order valence-electron chi connectivity index (χ0n) is 17.1. The van der Waals surface area contributed by atoms with Gasteiger partial charge in [-0.15, -0.1) is 0 Å². The smallest absolute Gasteiger partial charge is 0.305 e. The fraction of sp³-hybridized carbons (Fsp3) is 0.320. The van der Waals surface area contributed by atoms with Crippen LogP contribution in [0, 0.1) is 0 Å². The Labute approximate surface area is 180 Å². The molecule has 2 heterocycles. The van der Waals surface area contributed by atoms with Crippen LogP contribution in [-0.2, 0) is 6.42 Å². The van der Waals surface area contributed by atoms with Crippen molar-refractivity contribution in [2.45, 2.75) is 19.3 Å². The maximum atomic E-state index is 11.5. The molecule has 4 nitrogen and oxygen atoms in total. The van der Waals surface area contributed by atoms with Crippen LogP contribution in [0.4, 0.5) is 5.69 Å². The number of nitrogens with zero attached hydrogens (tertiary/aromatic N) is 2. The van der Waals surface area contributed by atoms with Crippen LogP contribution < -0.4 is 9.77 Å². The van der Waals surface area contributed by atoms with Gasteiger partial charge in [-0.3, -0.25) is 9.69 Å². The summed E-state index contributed by atoms with van der Waals surface area (Å²) in [7, 11) is 0. The van der Waals surface area contributed by atoms with E-state index in [9.17, 15) is 4.79 Å². The van der Waals surface area contributed by atoms with Crippen molar-refractivity contribution in [3.63, 3.8) is 0 Å². The van der Waals surface area contributed by atoms with E-state index in [1.54, 1.807) is 0 Å². The molecule has 0 amide bonds. The first-order chi connectivity index (χ1) is 14.8. The number of anilines is 1. The highest BCUT2D eigenvalue weighted by Crippen LogP contribution is 2.27. The minimum absolute atomic E-state index is 0.0322. The number of fused-ring (bicyclic) bond motifs is 2. The third-order valence-electron chi connectivity index (χ3n) is 6.15. The quantitative estimate of drug-likeness (QED) is 0.454. The van der Waals surface area contributed by atoms with Gasteiger partial charge in [-0.1, -0.05) is 53.8 Å². The fourth-order valence-electron chi connectivity index (χ4n) is 4.51. The number of aryl methyl sites for hydroxylation is 1. The van der Waals surface area contributed by atoms with Gasteiger partial charge in [0.25, 0.3) is 0 Å². The van der Waals surface area contributed by atoms with Gasteiger partial charge in [0.05, 0.1) is 10.2 Å². The number of nitrogens with one attached hydrogen (secondary N) is 1. The molecule has 1 fully saturated rings. The Morgan fingerprint density at radius 1 is 0.900 bits per heavy atom.